The highest BCUT2D eigenvalue weighted by molar-refractivity contribution is 9.10. The Labute approximate surface area is 136 Å². The fourth-order valence-corrected chi connectivity index (χ4v) is 2.55. The maximum atomic E-state index is 13.5. The van der Waals surface area contributed by atoms with Crippen LogP contribution in [0.5, 0.6) is 0 Å². The zero-order chi connectivity index (χ0) is 16.1. The molecule has 0 aliphatic heterocycles. The van der Waals surface area contributed by atoms with E-state index < -0.39 is 11.6 Å². The summed E-state index contributed by atoms with van der Waals surface area (Å²) in [6.07, 6.45) is 0.323. The van der Waals surface area contributed by atoms with Crippen molar-refractivity contribution in [2.75, 3.05) is 7.05 Å². The van der Waals surface area contributed by atoms with E-state index in [9.17, 15) is 13.6 Å². The molecule has 1 amide bonds. The van der Waals surface area contributed by atoms with E-state index in [1.807, 2.05) is 24.3 Å². The molecule has 2 nitrogen and oxygen atoms in total. The summed E-state index contributed by atoms with van der Waals surface area (Å²) in [6, 6.07) is 10.9. The van der Waals surface area contributed by atoms with E-state index in [0.717, 1.165) is 28.2 Å². The number of carbonyl (C=O) groups excluding carboxylic acids is 1. The second-order valence-corrected chi connectivity index (χ2v) is 5.93. The van der Waals surface area contributed by atoms with Crippen LogP contribution in [0.2, 0.25) is 0 Å². The Morgan fingerprint density at radius 2 is 1.86 bits per heavy atom. The average molecular weight is 368 g/mol. The van der Waals surface area contributed by atoms with E-state index in [2.05, 4.69) is 15.9 Å². The second kappa shape index (κ2) is 7.49. The summed E-state index contributed by atoms with van der Waals surface area (Å²) in [6.45, 7) is 0.464. The smallest absolute Gasteiger partial charge is 0.222 e. The Balaban J connectivity index is 1.94. The van der Waals surface area contributed by atoms with Gasteiger partial charge in [0.25, 0.3) is 0 Å². The third kappa shape index (κ3) is 4.37. The van der Waals surface area contributed by atoms with Crippen molar-refractivity contribution in [3.63, 3.8) is 0 Å². The number of hydrogen-bond donors (Lipinski definition) is 0. The van der Waals surface area contributed by atoms with E-state index in [-0.39, 0.29) is 24.3 Å². The Morgan fingerprint density at radius 1 is 1.14 bits per heavy atom. The molecule has 0 N–H and O–H groups in total. The lowest BCUT2D eigenvalue weighted by molar-refractivity contribution is -0.130. The predicted molar refractivity (Wildman–Crippen MR) is 85.3 cm³/mol. The van der Waals surface area contributed by atoms with E-state index in [4.69, 9.17) is 0 Å². The molecule has 0 saturated carbocycles. The first kappa shape index (κ1) is 16.6. The summed E-state index contributed by atoms with van der Waals surface area (Å²) in [4.78, 5) is 13.7. The van der Waals surface area contributed by atoms with Crippen LogP contribution < -0.4 is 0 Å². The monoisotopic (exact) mass is 367 g/mol. The highest BCUT2D eigenvalue weighted by Crippen LogP contribution is 2.18. The van der Waals surface area contributed by atoms with Crippen LogP contribution in [0.25, 0.3) is 0 Å². The zero-order valence-corrected chi connectivity index (χ0v) is 13.7. The van der Waals surface area contributed by atoms with Gasteiger partial charge >= 0.3 is 0 Å². The number of halogens is 3. The Kier molecular flexibility index (Phi) is 5.66. The molecule has 2 aromatic carbocycles. The lowest BCUT2D eigenvalue weighted by Crippen LogP contribution is -2.26. The maximum absolute atomic E-state index is 13.5. The van der Waals surface area contributed by atoms with Crippen molar-refractivity contribution in [1.29, 1.82) is 0 Å². The summed E-state index contributed by atoms with van der Waals surface area (Å²) in [7, 11) is 1.70. The summed E-state index contributed by atoms with van der Waals surface area (Å²) in [5, 5.41) is 0. The molecule has 22 heavy (non-hydrogen) atoms. The van der Waals surface area contributed by atoms with Gasteiger partial charge in [0.15, 0.2) is 0 Å². The van der Waals surface area contributed by atoms with Gasteiger partial charge in [-0.2, -0.15) is 0 Å². The van der Waals surface area contributed by atoms with Crippen molar-refractivity contribution in [3.8, 4) is 0 Å². The molecule has 0 spiro atoms. The molecule has 0 fully saturated rings. The topological polar surface area (TPSA) is 20.3 Å². The van der Waals surface area contributed by atoms with Crippen LogP contribution in [-0.2, 0) is 17.8 Å². The molecule has 0 aliphatic rings. The van der Waals surface area contributed by atoms with E-state index in [1.54, 1.807) is 11.9 Å². The molecule has 0 aromatic heterocycles. The standard InChI is InChI=1S/C17H16BrF2NO/c1-21(11-13-4-2-3-5-15(13)18)17(22)9-6-12-10-14(19)7-8-16(12)20/h2-5,7-8,10H,6,9,11H2,1H3. The van der Waals surface area contributed by atoms with E-state index in [0.29, 0.717) is 6.54 Å². The van der Waals surface area contributed by atoms with Crippen LogP contribution in [0.3, 0.4) is 0 Å². The number of aryl methyl sites for hydroxylation is 1. The summed E-state index contributed by atoms with van der Waals surface area (Å²) in [5.74, 6) is -1.09. The fraction of sp³-hybridized carbons (Fsp3) is 0.235. The lowest BCUT2D eigenvalue weighted by Gasteiger charge is -2.18. The van der Waals surface area contributed by atoms with Crippen LogP contribution in [0.4, 0.5) is 8.78 Å². The number of nitrogens with zero attached hydrogens (tertiary/aromatic N) is 1. The predicted octanol–water partition coefficient (Wildman–Crippen LogP) is 4.32. The van der Waals surface area contributed by atoms with Crippen LogP contribution >= 0.6 is 15.9 Å². The molecule has 116 valence electrons. The maximum Gasteiger partial charge on any atom is 0.222 e. The molecule has 0 saturated heterocycles. The third-order valence-electron chi connectivity index (χ3n) is 3.41. The first-order valence-corrected chi connectivity index (χ1v) is 7.68. The number of rotatable bonds is 5. The molecule has 0 atom stereocenters. The van der Waals surface area contributed by atoms with Gasteiger partial charge in [-0.1, -0.05) is 34.1 Å². The molecular weight excluding hydrogens is 352 g/mol. The molecule has 0 radical (unpaired) electrons. The van der Waals surface area contributed by atoms with Gasteiger partial charge in [-0.15, -0.1) is 0 Å². The molecule has 0 bridgehead atoms. The van der Waals surface area contributed by atoms with Gasteiger partial charge in [-0.25, -0.2) is 8.78 Å². The summed E-state index contributed by atoms with van der Waals surface area (Å²) < 4.78 is 27.6. The minimum Gasteiger partial charge on any atom is -0.341 e. The van der Waals surface area contributed by atoms with Crippen molar-refractivity contribution in [3.05, 3.63) is 69.7 Å². The molecule has 2 rings (SSSR count). The molecule has 0 heterocycles. The van der Waals surface area contributed by atoms with E-state index in [1.165, 1.54) is 0 Å². The van der Waals surface area contributed by atoms with Crippen LogP contribution in [0.1, 0.15) is 17.5 Å². The molecule has 2 aromatic rings. The zero-order valence-electron chi connectivity index (χ0n) is 12.2. The summed E-state index contributed by atoms with van der Waals surface area (Å²) >= 11 is 3.44. The average Bonchev–Trinajstić information content (AvgIpc) is 2.50. The van der Waals surface area contributed by atoms with Crippen molar-refractivity contribution in [2.45, 2.75) is 19.4 Å². The minimum absolute atomic E-state index is 0.112. The normalized spacial score (nSPS) is 10.5. The Hall–Kier alpha value is -1.75. The Morgan fingerprint density at radius 3 is 2.59 bits per heavy atom. The van der Waals surface area contributed by atoms with Crippen molar-refractivity contribution >= 4 is 21.8 Å². The van der Waals surface area contributed by atoms with Gasteiger partial charge in [-0.05, 0) is 41.8 Å². The SMILES string of the molecule is CN(Cc1ccccc1Br)C(=O)CCc1cc(F)ccc1F. The van der Waals surface area contributed by atoms with Crippen LogP contribution in [-0.4, -0.2) is 17.9 Å². The van der Waals surface area contributed by atoms with Crippen LogP contribution in [0.15, 0.2) is 46.9 Å². The molecule has 0 aliphatic carbocycles. The molecule has 0 unspecified atom stereocenters. The number of amides is 1. The molecule has 5 heteroatoms. The van der Waals surface area contributed by atoms with Crippen LogP contribution in [0, 0.1) is 11.6 Å². The lowest BCUT2D eigenvalue weighted by atomic mass is 10.1. The van der Waals surface area contributed by atoms with Crippen molar-refractivity contribution in [1.82, 2.24) is 4.90 Å². The van der Waals surface area contributed by atoms with Crippen molar-refractivity contribution in [2.24, 2.45) is 0 Å². The number of benzene rings is 2. The largest absolute Gasteiger partial charge is 0.341 e. The fourth-order valence-electron chi connectivity index (χ4n) is 2.14. The quantitative estimate of drug-likeness (QED) is 0.770. The third-order valence-corrected chi connectivity index (χ3v) is 4.18. The molecular formula is C17H16BrF2NO. The Bertz CT molecular complexity index is 675. The number of carbonyl (C=O) groups is 1. The van der Waals surface area contributed by atoms with Gasteiger partial charge in [0.1, 0.15) is 11.6 Å². The minimum atomic E-state index is -0.495. The summed E-state index contributed by atoms with van der Waals surface area (Å²) in [5.41, 5.74) is 1.22. The van der Waals surface area contributed by atoms with Crippen molar-refractivity contribution < 1.29 is 13.6 Å². The first-order chi connectivity index (χ1) is 10.5. The van der Waals surface area contributed by atoms with Gasteiger partial charge in [0.2, 0.25) is 5.91 Å². The van der Waals surface area contributed by atoms with Gasteiger partial charge in [0.05, 0.1) is 0 Å². The van der Waals surface area contributed by atoms with E-state index >= 15 is 0 Å². The highest BCUT2D eigenvalue weighted by atomic mass is 79.9. The first-order valence-electron chi connectivity index (χ1n) is 6.88. The van der Waals surface area contributed by atoms with Gasteiger partial charge < -0.3 is 4.90 Å². The number of hydrogen-bond acceptors (Lipinski definition) is 1. The van der Waals surface area contributed by atoms with Gasteiger partial charge in [-0.3, -0.25) is 4.79 Å². The van der Waals surface area contributed by atoms with Gasteiger partial charge in [0, 0.05) is 24.5 Å². The second-order valence-electron chi connectivity index (χ2n) is 5.08. The highest BCUT2D eigenvalue weighted by Gasteiger charge is 2.12.